The monoisotopic (exact) mass is 302 g/mol. The second kappa shape index (κ2) is 6.86. The van der Waals surface area contributed by atoms with Crippen LogP contribution in [0.1, 0.15) is 30.1 Å². The molecule has 22 heavy (non-hydrogen) atoms. The Balaban J connectivity index is 2.08. The molecule has 0 aliphatic heterocycles. The van der Waals surface area contributed by atoms with Crippen LogP contribution in [0.15, 0.2) is 36.8 Å². The number of aromatic carboxylic acids is 1. The molecule has 7 nitrogen and oxygen atoms in total. The van der Waals surface area contributed by atoms with Gasteiger partial charge in [-0.3, -0.25) is 4.79 Å². The standard InChI is InChI=1S/C15H18N4O3/c1-2-3-12(16)14(20)18-13-8-19(9-17-13)11-6-4-10(5-7-11)15(21)22/h4-9,12H,2-3,16H2,1H3,(H,18,20)(H,21,22). The SMILES string of the molecule is CCCC(N)C(=O)Nc1cn(-c2ccc(C(=O)O)cc2)cn1. The van der Waals surface area contributed by atoms with E-state index in [2.05, 4.69) is 10.3 Å². The van der Waals surface area contributed by atoms with Crippen molar-refractivity contribution in [2.75, 3.05) is 5.32 Å². The van der Waals surface area contributed by atoms with Crippen molar-refractivity contribution in [3.8, 4) is 5.69 Å². The highest BCUT2D eigenvalue weighted by Crippen LogP contribution is 2.13. The largest absolute Gasteiger partial charge is 0.478 e. The van der Waals surface area contributed by atoms with Crippen molar-refractivity contribution in [3.63, 3.8) is 0 Å². The number of hydrogen-bond donors (Lipinski definition) is 3. The highest BCUT2D eigenvalue weighted by molar-refractivity contribution is 5.93. The Hall–Kier alpha value is -2.67. The number of amides is 1. The molecule has 1 aromatic heterocycles. The summed E-state index contributed by atoms with van der Waals surface area (Å²) in [6.07, 6.45) is 4.63. The lowest BCUT2D eigenvalue weighted by Gasteiger charge is -2.08. The molecule has 1 atom stereocenters. The first-order valence-corrected chi connectivity index (χ1v) is 6.95. The molecule has 0 saturated carbocycles. The number of carbonyl (C=O) groups excluding carboxylic acids is 1. The third-order valence-corrected chi connectivity index (χ3v) is 3.18. The van der Waals surface area contributed by atoms with Gasteiger partial charge >= 0.3 is 5.97 Å². The van der Waals surface area contributed by atoms with Crippen molar-refractivity contribution in [2.24, 2.45) is 5.73 Å². The normalized spacial score (nSPS) is 11.9. The van der Waals surface area contributed by atoms with Gasteiger partial charge in [-0.15, -0.1) is 0 Å². The summed E-state index contributed by atoms with van der Waals surface area (Å²) in [6.45, 7) is 1.96. The summed E-state index contributed by atoms with van der Waals surface area (Å²) in [6, 6.07) is 5.80. The Morgan fingerprint density at radius 2 is 2.05 bits per heavy atom. The summed E-state index contributed by atoms with van der Waals surface area (Å²) in [7, 11) is 0. The number of imidazole rings is 1. The van der Waals surface area contributed by atoms with Crippen LogP contribution in [0, 0.1) is 0 Å². The second-order valence-electron chi connectivity index (χ2n) is 4.90. The fourth-order valence-corrected chi connectivity index (χ4v) is 1.97. The van der Waals surface area contributed by atoms with E-state index in [1.54, 1.807) is 22.9 Å². The van der Waals surface area contributed by atoms with E-state index in [1.807, 2.05) is 6.92 Å². The maximum Gasteiger partial charge on any atom is 0.335 e. The minimum Gasteiger partial charge on any atom is -0.478 e. The number of anilines is 1. The Labute approximate surface area is 127 Å². The fourth-order valence-electron chi connectivity index (χ4n) is 1.97. The molecule has 0 aliphatic rings. The van der Waals surface area contributed by atoms with Crippen molar-refractivity contribution in [3.05, 3.63) is 42.4 Å². The van der Waals surface area contributed by atoms with Gasteiger partial charge in [0.2, 0.25) is 5.91 Å². The Morgan fingerprint density at radius 1 is 1.36 bits per heavy atom. The number of carboxylic acids is 1. The first-order chi connectivity index (χ1) is 10.5. The molecule has 116 valence electrons. The Kier molecular flexibility index (Phi) is 4.90. The van der Waals surface area contributed by atoms with Gasteiger partial charge in [-0.25, -0.2) is 9.78 Å². The summed E-state index contributed by atoms with van der Waals surface area (Å²) in [5.41, 5.74) is 6.69. The van der Waals surface area contributed by atoms with Gasteiger partial charge in [-0.05, 0) is 30.7 Å². The van der Waals surface area contributed by atoms with Crippen LogP contribution in [-0.2, 0) is 4.79 Å². The fraction of sp³-hybridized carbons (Fsp3) is 0.267. The molecule has 2 rings (SSSR count). The third-order valence-electron chi connectivity index (χ3n) is 3.18. The lowest BCUT2D eigenvalue weighted by atomic mass is 10.2. The molecular formula is C15H18N4O3. The first-order valence-electron chi connectivity index (χ1n) is 6.95. The van der Waals surface area contributed by atoms with Crippen molar-refractivity contribution in [2.45, 2.75) is 25.8 Å². The van der Waals surface area contributed by atoms with Gasteiger partial charge in [0.15, 0.2) is 5.82 Å². The predicted molar refractivity (Wildman–Crippen MR) is 82.0 cm³/mol. The van der Waals surface area contributed by atoms with Crippen molar-refractivity contribution < 1.29 is 14.7 Å². The van der Waals surface area contributed by atoms with E-state index in [4.69, 9.17) is 10.8 Å². The summed E-state index contributed by atoms with van der Waals surface area (Å²) in [5.74, 6) is -0.845. The summed E-state index contributed by atoms with van der Waals surface area (Å²) in [4.78, 5) is 26.7. The number of nitrogens with one attached hydrogen (secondary N) is 1. The lowest BCUT2D eigenvalue weighted by Crippen LogP contribution is -2.35. The zero-order chi connectivity index (χ0) is 16.1. The number of rotatable bonds is 6. The van der Waals surface area contributed by atoms with E-state index in [0.717, 1.165) is 12.1 Å². The maximum absolute atomic E-state index is 11.8. The van der Waals surface area contributed by atoms with Gasteiger partial charge in [0.25, 0.3) is 0 Å². The van der Waals surface area contributed by atoms with Crippen LogP contribution < -0.4 is 11.1 Å². The zero-order valence-corrected chi connectivity index (χ0v) is 12.2. The molecule has 0 saturated heterocycles. The highest BCUT2D eigenvalue weighted by atomic mass is 16.4. The van der Waals surface area contributed by atoms with Crippen LogP contribution in [-0.4, -0.2) is 32.6 Å². The molecule has 1 heterocycles. The maximum atomic E-state index is 11.8. The predicted octanol–water partition coefficient (Wildman–Crippen LogP) is 1.64. The average molecular weight is 302 g/mol. The van der Waals surface area contributed by atoms with Gasteiger partial charge in [0.1, 0.15) is 6.33 Å². The van der Waals surface area contributed by atoms with Crippen LogP contribution in [0.4, 0.5) is 5.82 Å². The molecule has 0 radical (unpaired) electrons. The number of nitrogens with zero attached hydrogens (tertiary/aromatic N) is 2. The smallest absolute Gasteiger partial charge is 0.335 e. The molecule has 1 unspecified atom stereocenters. The summed E-state index contributed by atoms with van der Waals surface area (Å²) >= 11 is 0. The molecular weight excluding hydrogens is 284 g/mol. The number of hydrogen-bond acceptors (Lipinski definition) is 4. The number of carboxylic acid groups (broad SMARTS) is 1. The molecule has 4 N–H and O–H groups in total. The molecule has 1 amide bonds. The first kappa shape index (κ1) is 15.7. The van der Waals surface area contributed by atoms with Crippen LogP contribution in [0.3, 0.4) is 0 Å². The van der Waals surface area contributed by atoms with Crippen molar-refractivity contribution in [1.82, 2.24) is 9.55 Å². The van der Waals surface area contributed by atoms with Crippen molar-refractivity contribution >= 4 is 17.7 Å². The number of benzene rings is 1. The van der Waals surface area contributed by atoms with E-state index < -0.39 is 12.0 Å². The van der Waals surface area contributed by atoms with E-state index >= 15 is 0 Å². The second-order valence-corrected chi connectivity index (χ2v) is 4.90. The van der Waals surface area contributed by atoms with E-state index in [9.17, 15) is 9.59 Å². The molecule has 0 bridgehead atoms. The zero-order valence-electron chi connectivity index (χ0n) is 12.2. The van der Waals surface area contributed by atoms with Gasteiger partial charge in [0, 0.05) is 5.69 Å². The minimum atomic E-state index is -0.977. The molecule has 0 aliphatic carbocycles. The molecule has 1 aromatic carbocycles. The molecule has 2 aromatic rings. The molecule has 7 heteroatoms. The topological polar surface area (TPSA) is 110 Å². The summed E-state index contributed by atoms with van der Waals surface area (Å²) in [5, 5.41) is 11.5. The van der Waals surface area contributed by atoms with Gasteiger partial charge in [-0.1, -0.05) is 13.3 Å². The average Bonchev–Trinajstić information content (AvgIpc) is 2.96. The Morgan fingerprint density at radius 3 is 2.64 bits per heavy atom. The number of aromatic nitrogens is 2. The Bertz CT molecular complexity index is 664. The van der Waals surface area contributed by atoms with Crippen LogP contribution >= 0.6 is 0 Å². The van der Waals surface area contributed by atoms with Crippen molar-refractivity contribution in [1.29, 1.82) is 0 Å². The molecule has 0 fully saturated rings. The van der Waals surface area contributed by atoms with Gasteiger partial charge in [0.05, 0.1) is 17.8 Å². The van der Waals surface area contributed by atoms with Crippen LogP contribution in [0.25, 0.3) is 5.69 Å². The van der Waals surface area contributed by atoms with E-state index in [0.29, 0.717) is 12.2 Å². The van der Waals surface area contributed by atoms with Gasteiger partial charge < -0.3 is 20.7 Å². The van der Waals surface area contributed by atoms with E-state index in [1.165, 1.54) is 18.5 Å². The van der Waals surface area contributed by atoms with Gasteiger partial charge in [-0.2, -0.15) is 0 Å². The number of nitrogens with two attached hydrogens (primary N) is 1. The van der Waals surface area contributed by atoms with E-state index in [-0.39, 0.29) is 11.5 Å². The third kappa shape index (κ3) is 3.70. The van der Waals surface area contributed by atoms with Crippen LogP contribution in [0.5, 0.6) is 0 Å². The summed E-state index contributed by atoms with van der Waals surface area (Å²) < 4.78 is 1.69. The number of carbonyl (C=O) groups is 2. The highest BCUT2D eigenvalue weighted by Gasteiger charge is 2.13. The molecule has 0 spiro atoms. The lowest BCUT2D eigenvalue weighted by molar-refractivity contribution is -0.117. The minimum absolute atomic E-state index is 0.211. The van der Waals surface area contributed by atoms with Crippen LogP contribution in [0.2, 0.25) is 0 Å². The quantitative estimate of drug-likeness (QED) is 0.751.